The van der Waals surface area contributed by atoms with E-state index in [-0.39, 0.29) is 5.84 Å². The molecule has 1 aliphatic carbocycles. The van der Waals surface area contributed by atoms with Gasteiger partial charge in [0.2, 0.25) is 5.88 Å². The first kappa shape index (κ1) is 11.9. The number of nitrogens with one attached hydrogen (secondary N) is 1. The number of amidine groups is 1. The van der Waals surface area contributed by atoms with E-state index in [0.29, 0.717) is 17.4 Å². The Labute approximate surface area is 102 Å². The summed E-state index contributed by atoms with van der Waals surface area (Å²) in [5.41, 5.74) is 6.09. The van der Waals surface area contributed by atoms with Gasteiger partial charge in [0.25, 0.3) is 0 Å². The summed E-state index contributed by atoms with van der Waals surface area (Å²) < 4.78 is 5.67. The Kier molecular flexibility index (Phi) is 3.96. The van der Waals surface area contributed by atoms with E-state index < -0.39 is 0 Å². The molecule has 0 bridgehead atoms. The molecule has 1 aromatic heterocycles. The molecule has 0 aromatic carbocycles. The molecule has 92 valence electrons. The van der Waals surface area contributed by atoms with Crippen molar-refractivity contribution >= 4 is 5.84 Å². The highest BCUT2D eigenvalue weighted by atomic mass is 16.5. The van der Waals surface area contributed by atoms with Gasteiger partial charge in [0.05, 0.1) is 6.61 Å². The molecule has 1 fully saturated rings. The first-order chi connectivity index (χ1) is 8.25. The van der Waals surface area contributed by atoms with Crippen molar-refractivity contribution in [3.05, 3.63) is 23.9 Å². The number of pyridine rings is 1. The third-order valence-corrected chi connectivity index (χ3v) is 3.24. The van der Waals surface area contributed by atoms with Crippen LogP contribution in [0.2, 0.25) is 0 Å². The first-order valence-corrected chi connectivity index (χ1v) is 6.19. The highest BCUT2D eigenvalue weighted by Gasteiger charge is 2.14. The monoisotopic (exact) mass is 233 g/mol. The van der Waals surface area contributed by atoms with Gasteiger partial charge in [0, 0.05) is 17.8 Å². The van der Waals surface area contributed by atoms with Crippen LogP contribution in [0.1, 0.15) is 37.7 Å². The van der Waals surface area contributed by atoms with Gasteiger partial charge in [0.15, 0.2) is 0 Å². The number of rotatable bonds is 4. The number of nitrogens with zero attached hydrogens (tertiary/aromatic N) is 1. The zero-order valence-corrected chi connectivity index (χ0v) is 9.98. The average Bonchev–Trinajstić information content (AvgIpc) is 2.38. The minimum Gasteiger partial charge on any atom is -0.477 e. The normalized spacial score (nSPS) is 16.7. The van der Waals surface area contributed by atoms with Crippen LogP contribution < -0.4 is 10.5 Å². The zero-order chi connectivity index (χ0) is 12.1. The van der Waals surface area contributed by atoms with Gasteiger partial charge in [-0.05, 0) is 24.8 Å². The second kappa shape index (κ2) is 5.66. The molecule has 4 nitrogen and oxygen atoms in total. The Bertz CT molecular complexity index is 386. The molecule has 0 aliphatic heterocycles. The van der Waals surface area contributed by atoms with Crippen molar-refractivity contribution in [1.29, 1.82) is 5.41 Å². The van der Waals surface area contributed by atoms with Crippen molar-refractivity contribution in [2.24, 2.45) is 11.7 Å². The van der Waals surface area contributed by atoms with E-state index in [9.17, 15) is 0 Å². The van der Waals surface area contributed by atoms with Crippen LogP contribution in [0.25, 0.3) is 0 Å². The molecule has 1 aromatic rings. The van der Waals surface area contributed by atoms with Gasteiger partial charge >= 0.3 is 0 Å². The van der Waals surface area contributed by atoms with E-state index in [1.165, 1.54) is 32.1 Å². The summed E-state index contributed by atoms with van der Waals surface area (Å²) in [5.74, 6) is 1.28. The predicted octanol–water partition coefficient (Wildman–Crippen LogP) is 2.32. The summed E-state index contributed by atoms with van der Waals surface area (Å²) >= 11 is 0. The fourth-order valence-corrected chi connectivity index (χ4v) is 2.21. The highest BCUT2D eigenvalue weighted by molar-refractivity contribution is 5.95. The summed E-state index contributed by atoms with van der Waals surface area (Å²) in [7, 11) is 0. The fourth-order valence-electron chi connectivity index (χ4n) is 2.21. The minimum atomic E-state index is 0.0508. The van der Waals surface area contributed by atoms with Crippen molar-refractivity contribution in [3.8, 4) is 5.88 Å². The fraction of sp³-hybridized carbons (Fsp3) is 0.538. The maximum absolute atomic E-state index is 7.35. The first-order valence-electron chi connectivity index (χ1n) is 6.19. The number of nitrogen functional groups attached to an aromatic ring is 1. The molecule has 3 N–H and O–H groups in total. The van der Waals surface area contributed by atoms with Crippen LogP contribution in [0.5, 0.6) is 5.88 Å². The zero-order valence-electron chi connectivity index (χ0n) is 9.98. The van der Waals surface area contributed by atoms with Gasteiger partial charge in [-0.15, -0.1) is 0 Å². The Balaban J connectivity index is 1.89. The number of hydrogen-bond donors (Lipinski definition) is 2. The number of ether oxygens (including phenoxy) is 1. The summed E-state index contributed by atoms with van der Waals surface area (Å²) in [5, 5.41) is 7.35. The molecule has 2 rings (SSSR count). The Morgan fingerprint density at radius 2 is 2.18 bits per heavy atom. The van der Waals surface area contributed by atoms with Gasteiger partial charge in [-0.25, -0.2) is 4.98 Å². The van der Waals surface area contributed by atoms with Crippen LogP contribution in [0.3, 0.4) is 0 Å². The Morgan fingerprint density at radius 1 is 1.41 bits per heavy atom. The highest BCUT2D eigenvalue weighted by Crippen LogP contribution is 2.24. The largest absolute Gasteiger partial charge is 0.477 e. The lowest BCUT2D eigenvalue weighted by molar-refractivity contribution is 0.203. The maximum atomic E-state index is 7.35. The lowest BCUT2D eigenvalue weighted by Gasteiger charge is -2.21. The summed E-state index contributed by atoms with van der Waals surface area (Å²) in [6.07, 6.45) is 8.13. The van der Waals surface area contributed by atoms with E-state index in [1.54, 1.807) is 18.3 Å². The van der Waals surface area contributed by atoms with Gasteiger partial charge in [0.1, 0.15) is 5.84 Å². The van der Waals surface area contributed by atoms with Gasteiger partial charge in [-0.2, -0.15) is 0 Å². The van der Waals surface area contributed by atoms with Crippen molar-refractivity contribution < 1.29 is 4.74 Å². The molecule has 1 saturated carbocycles. The van der Waals surface area contributed by atoms with Crippen LogP contribution in [0.15, 0.2) is 18.3 Å². The Morgan fingerprint density at radius 3 is 2.88 bits per heavy atom. The van der Waals surface area contributed by atoms with Crippen molar-refractivity contribution in [3.63, 3.8) is 0 Å². The van der Waals surface area contributed by atoms with Gasteiger partial charge in [-0.3, -0.25) is 5.41 Å². The van der Waals surface area contributed by atoms with Crippen molar-refractivity contribution in [2.75, 3.05) is 6.61 Å². The van der Waals surface area contributed by atoms with E-state index in [4.69, 9.17) is 15.9 Å². The van der Waals surface area contributed by atoms with Crippen LogP contribution in [-0.4, -0.2) is 17.4 Å². The summed E-state index contributed by atoms with van der Waals surface area (Å²) in [4.78, 5) is 4.13. The summed E-state index contributed by atoms with van der Waals surface area (Å²) in [6.45, 7) is 0.731. The maximum Gasteiger partial charge on any atom is 0.213 e. The molecule has 4 heteroatoms. The number of hydrogen-bond acceptors (Lipinski definition) is 3. The molecule has 0 saturated heterocycles. The van der Waals surface area contributed by atoms with E-state index >= 15 is 0 Å². The molecule has 0 radical (unpaired) electrons. The second-order valence-electron chi connectivity index (χ2n) is 4.61. The number of aromatic nitrogens is 1. The van der Waals surface area contributed by atoms with Crippen LogP contribution in [0.4, 0.5) is 0 Å². The van der Waals surface area contributed by atoms with Crippen molar-refractivity contribution in [1.82, 2.24) is 4.98 Å². The molecule has 0 unspecified atom stereocenters. The molecular weight excluding hydrogens is 214 g/mol. The minimum absolute atomic E-state index is 0.0508. The quantitative estimate of drug-likeness (QED) is 0.619. The SMILES string of the molecule is N=C(N)c1ccnc(OCC2CCCCC2)c1. The number of nitrogens with two attached hydrogens (primary N) is 1. The standard InChI is InChI=1S/C13H19N3O/c14-13(15)11-6-7-16-12(8-11)17-9-10-4-2-1-3-5-10/h6-8,10H,1-5,9H2,(H3,14,15). The van der Waals surface area contributed by atoms with E-state index in [0.717, 1.165) is 6.61 Å². The topological polar surface area (TPSA) is 72.0 Å². The molecule has 0 amide bonds. The predicted molar refractivity (Wildman–Crippen MR) is 67.3 cm³/mol. The molecular formula is C13H19N3O. The van der Waals surface area contributed by atoms with Crippen LogP contribution in [-0.2, 0) is 0 Å². The second-order valence-corrected chi connectivity index (χ2v) is 4.61. The molecule has 0 atom stereocenters. The molecule has 1 aliphatic rings. The third kappa shape index (κ3) is 3.44. The van der Waals surface area contributed by atoms with Gasteiger partial charge < -0.3 is 10.5 Å². The van der Waals surface area contributed by atoms with Crippen molar-refractivity contribution in [2.45, 2.75) is 32.1 Å². The van der Waals surface area contributed by atoms with E-state index in [1.807, 2.05) is 0 Å². The Hall–Kier alpha value is -1.58. The summed E-state index contributed by atoms with van der Waals surface area (Å²) in [6, 6.07) is 3.45. The molecule has 0 spiro atoms. The van der Waals surface area contributed by atoms with Crippen LogP contribution in [0, 0.1) is 11.3 Å². The van der Waals surface area contributed by atoms with Gasteiger partial charge in [-0.1, -0.05) is 19.3 Å². The van der Waals surface area contributed by atoms with Crippen LogP contribution >= 0.6 is 0 Å². The molecule has 17 heavy (non-hydrogen) atoms. The molecule has 1 heterocycles. The van der Waals surface area contributed by atoms with E-state index in [2.05, 4.69) is 4.98 Å². The third-order valence-electron chi connectivity index (χ3n) is 3.24. The lowest BCUT2D eigenvalue weighted by atomic mass is 9.90. The lowest BCUT2D eigenvalue weighted by Crippen LogP contribution is -2.16. The average molecular weight is 233 g/mol. The smallest absolute Gasteiger partial charge is 0.213 e.